The van der Waals surface area contributed by atoms with E-state index in [0.717, 1.165) is 15.6 Å². The zero-order valence-electron chi connectivity index (χ0n) is 9.48. The maximum Gasteiger partial charge on any atom is 0.237 e. The van der Waals surface area contributed by atoms with Gasteiger partial charge in [-0.05, 0) is 36.2 Å². The molecule has 0 aliphatic rings. The van der Waals surface area contributed by atoms with Crippen molar-refractivity contribution in [3.63, 3.8) is 0 Å². The molecular weight excluding hydrogens is 280 g/mol. The summed E-state index contributed by atoms with van der Waals surface area (Å²) in [5.41, 5.74) is 8.48. The fourth-order valence-corrected chi connectivity index (χ4v) is 1.92. The third-order valence-corrected chi connectivity index (χ3v) is 2.77. The van der Waals surface area contributed by atoms with Gasteiger partial charge in [0.15, 0.2) is 0 Å². The zero-order valence-corrected chi connectivity index (χ0v) is 11.1. The molecule has 2 N–H and O–H groups in total. The molecule has 1 aromatic heterocycles. The lowest BCUT2D eigenvalue weighted by molar-refractivity contribution is 0.295. The van der Waals surface area contributed by atoms with Crippen LogP contribution in [0.4, 0.5) is 5.69 Å². The van der Waals surface area contributed by atoms with Crippen LogP contribution in [0, 0.1) is 6.92 Å². The molecule has 2 rings (SSSR count). The van der Waals surface area contributed by atoms with Crippen molar-refractivity contribution in [1.82, 2.24) is 4.98 Å². The molecule has 0 saturated heterocycles. The highest BCUT2D eigenvalue weighted by atomic mass is 79.9. The molecule has 88 valence electrons. The second kappa shape index (κ2) is 5.19. The third-order valence-electron chi connectivity index (χ3n) is 2.28. The number of halogens is 1. The first kappa shape index (κ1) is 11.9. The summed E-state index contributed by atoms with van der Waals surface area (Å²) in [5.74, 6) is 0.482. The van der Waals surface area contributed by atoms with Crippen LogP contribution in [0.5, 0.6) is 5.88 Å². The van der Waals surface area contributed by atoms with E-state index >= 15 is 0 Å². The topological polar surface area (TPSA) is 48.1 Å². The zero-order chi connectivity index (χ0) is 12.3. The number of aryl methyl sites for hydroxylation is 1. The number of hydrogen-bond acceptors (Lipinski definition) is 3. The number of nitrogens with zero attached hydrogens (tertiary/aromatic N) is 1. The van der Waals surface area contributed by atoms with Crippen LogP contribution < -0.4 is 10.5 Å². The number of hydrogen-bond donors (Lipinski definition) is 1. The van der Waals surface area contributed by atoms with Gasteiger partial charge in [-0.2, -0.15) is 0 Å². The van der Waals surface area contributed by atoms with Crippen molar-refractivity contribution >= 4 is 21.6 Å². The van der Waals surface area contributed by atoms with Crippen molar-refractivity contribution < 1.29 is 4.74 Å². The van der Waals surface area contributed by atoms with Crippen LogP contribution in [0.3, 0.4) is 0 Å². The fraction of sp³-hybridized carbons (Fsp3) is 0.154. The predicted octanol–water partition coefficient (Wildman–Crippen LogP) is 3.31. The number of rotatable bonds is 3. The molecule has 4 heteroatoms. The van der Waals surface area contributed by atoms with Gasteiger partial charge < -0.3 is 10.5 Å². The Morgan fingerprint density at radius 1 is 1.35 bits per heavy atom. The van der Waals surface area contributed by atoms with Gasteiger partial charge in [0.25, 0.3) is 0 Å². The molecule has 0 unspecified atom stereocenters. The normalized spacial score (nSPS) is 10.2. The number of benzene rings is 1. The maximum atomic E-state index is 5.82. The highest BCUT2D eigenvalue weighted by molar-refractivity contribution is 9.10. The molecule has 0 amide bonds. The number of anilines is 1. The number of ether oxygens (including phenoxy) is 1. The first-order chi connectivity index (χ1) is 8.15. The SMILES string of the molecule is Cc1cnc(OCc2cccc(Br)c2)c(N)c1. The Kier molecular flexibility index (Phi) is 3.64. The smallest absolute Gasteiger partial charge is 0.237 e. The predicted molar refractivity (Wildman–Crippen MR) is 71.9 cm³/mol. The molecular formula is C13H13BrN2O. The summed E-state index contributed by atoms with van der Waals surface area (Å²) in [4.78, 5) is 4.16. The highest BCUT2D eigenvalue weighted by Crippen LogP contribution is 2.20. The average Bonchev–Trinajstić information content (AvgIpc) is 2.28. The standard InChI is InChI=1S/C13H13BrN2O/c1-9-5-12(15)13(16-7-9)17-8-10-3-2-4-11(14)6-10/h2-7H,8,15H2,1H3. The number of nitrogens with two attached hydrogens (primary N) is 1. The largest absolute Gasteiger partial charge is 0.471 e. The minimum atomic E-state index is 0.458. The van der Waals surface area contributed by atoms with Gasteiger partial charge in [0.05, 0.1) is 5.69 Å². The molecule has 1 aromatic carbocycles. The summed E-state index contributed by atoms with van der Waals surface area (Å²) >= 11 is 3.42. The van der Waals surface area contributed by atoms with Gasteiger partial charge in [-0.25, -0.2) is 4.98 Å². The molecule has 0 radical (unpaired) electrons. The summed E-state index contributed by atoms with van der Waals surface area (Å²) < 4.78 is 6.61. The lowest BCUT2D eigenvalue weighted by atomic mass is 10.2. The molecule has 2 aromatic rings. The van der Waals surface area contributed by atoms with E-state index in [-0.39, 0.29) is 0 Å². The molecule has 0 saturated carbocycles. The lowest BCUT2D eigenvalue weighted by Crippen LogP contribution is -2.01. The van der Waals surface area contributed by atoms with Crippen LogP contribution in [-0.4, -0.2) is 4.98 Å². The van der Waals surface area contributed by atoms with Gasteiger partial charge in [-0.15, -0.1) is 0 Å². The van der Waals surface area contributed by atoms with Crippen molar-refractivity contribution in [2.45, 2.75) is 13.5 Å². The molecule has 0 bridgehead atoms. The monoisotopic (exact) mass is 292 g/mol. The van der Waals surface area contributed by atoms with E-state index in [1.165, 1.54) is 0 Å². The minimum absolute atomic E-state index is 0.458. The Bertz CT molecular complexity index is 529. The Balaban J connectivity index is 2.07. The Morgan fingerprint density at radius 3 is 2.88 bits per heavy atom. The molecule has 1 heterocycles. The van der Waals surface area contributed by atoms with Crippen molar-refractivity contribution in [2.75, 3.05) is 5.73 Å². The van der Waals surface area contributed by atoms with Gasteiger partial charge in [-0.1, -0.05) is 28.1 Å². The van der Waals surface area contributed by atoms with E-state index in [1.54, 1.807) is 6.20 Å². The quantitative estimate of drug-likeness (QED) is 0.944. The molecule has 0 spiro atoms. The summed E-state index contributed by atoms with van der Waals surface area (Å²) in [5, 5.41) is 0. The highest BCUT2D eigenvalue weighted by Gasteiger charge is 2.02. The van der Waals surface area contributed by atoms with Crippen molar-refractivity contribution in [3.05, 3.63) is 52.1 Å². The van der Waals surface area contributed by atoms with Crippen LogP contribution >= 0.6 is 15.9 Å². The summed E-state index contributed by atoms with van der Waals surface area (Å²) in [6.45, 7) is 2.40. The lowest BCUT2D eigenvalue weighted by Gasteiger charge is -2.08. The maximum absolute atomic E-state index is 5.82. The van der Waals surface area contributed by atoms with Crippen LogP contribution in [0.2, 0.25) is 0 Å². The molecule has 17 heavy (non-hydrogen) atoms. The minimum Gasteiger partial charge on any atom is -0.471 e. The summed E-state index contributed by atoms with van der Waals surface area (Å²) in [6, 6.07) is 9.79. The van der Waals surface area contributed by atoms with Gasteiger partial charge >= 0.3 is 0 Å². The average molecular weight is 293 g/mol. The van der Waals surface area contributed by atoms with Gasteiger partial charge in [0, 0.05) is 10.7 Å². The summed E-state index contributed by atoms with van der Waals surface area (Å²) in [7, 11) is 0. The fourth-order valence-electron chi connectivity index (χ4n) is 1.48. The second-order valence-electron chi connectivity index (χ2n) is 3.83. The van der Waals surface area contributed by atoms with Crippen molar-refractivity contribution in [2.24, 2.45) is 0 Å². The van der Waals surface area contributed by atoms with E-state index < -0.39 is 0 Å². The van der Waals surface area contributed by atoms with Crippen LogP contribution in [-0.2, 0) is 6.61 Å². The van der Waals surface area contributed by atoms with E-state index in [2.05, 4.69) is 20.9 Å². The molecule has 0 fully saturated rings. The van der Waals surface area contributed by atoms with Gasteiger partial charge in [0.2, 0.25) is 5.88 Å². The first-order valence-electron chi connectivity index (χ1n) is 5.24. The third kappa shape index (κ3) is 3.20. The Labute approximate surface area is 109 Å². The van der Waals surface area contributed by atoms with E-state index in [0.29, 0.717) is 18.2 Å². The van der Waals surface area contributed by atoms with Crippen molar-refractivity contribution in [1.29, 1.82) is 0 Å². The van der Waals surface area contributed by atoms with Crippen LogP contribution in [0.25, 0.3) is 0 Å². The van der Waals surface area contributed by atoms with E-state index in [4.69, 9.17) is 10.5 Å². The van der Waals surface area contributed by atoms with Gasteiger partial charge in [0.1, 0.15) is 6.61 Å². The van der Waals surface area contributed by atoms with E-state index in [1.807, 2.05) is 37.3 Å². The Hall–Kier alpha value is -1.55. The second-order valence-corrected chi connectivity index (χ2v) is 4.74. The molecule has 0 aliphatic carbocycles. The van der Waals surface area contributed by atoms with Crippen LogP contribution in [0.1, 0.15) is 11.1 Å². The summed E-state index contributed by atoms with van der Waals surface area (Å²) in [6.07, 6.45) is 1.74. The molecule has 3 nitrogen and oxygen atoms in total. The molecule has 0 aliphatic heterocycles. The number of aromatic nitrogens is 1. The van der Waals surface area contributed by atoms with E-state index in [9.17, 15) is 0 Å². The van der Waals surface area contributed by atoms with Crippen molar-refractivity contribution in [3.8, 4) is 5.88 Å². The first-order valence-corrected chi connectivity index (χ1v) is 6.04. The number of pyridine rings is 1. The van der Waals surface area contributed by atoms with Crippen LogP contribution in [0.15, 0.2) is 41.0 Å². The van der Waals surface area contributed by atoms with Gasteiger partial charge in [-0.3, -0.25) is 0 Å². The molecule has 0 atom stereocenters. The number of nitrogen functional groups attached to an aromatic ring is 1. The Morgan fingerprint density at radius 2 is 2.18 bits per heavy atom.